The number of aryl methyl sites for hydroxylation is 1. The van der Waals surface area contributed by atoms with Gasteiger partial charge in [-0.25, -0.2) is 9.97 Å². The molecule has 3 aromatic heterocycles. The minimum atomic E-state index is -0.0429. The van der Waals surface area contributed by atoms with Gasteiger partial charge >= 0.3 is 0 Å². The third-order valence-electron chi connectivity index (χ3n) is 4.84. The van der Waals surface area contributed by atoms with Crippen LogP contribution in [0.5, 0.6) is 0 Å². The molecule has 0 bridgehead atoms. The lowest BCUT2D eigenvalue weighted by atomic mass is 9.84. The molecule has 0 radical (unpaired) electrons. The highest BCUT2D eigenvalue weighted by Crippen LogP contribution is 2.35. The Balaban J connectivity index is 1.66. The van der Waals surface area contributed by atoms with Gasteiger partial charge in [-0.2, -0.15) is 5.10 Å². The standard InChI is InChI=1S/C17H21N5S/c1-10-12(8-20-22-10)14-7-13-15(23-14)9-19-17(21-13)16(18)11-5-3-2-4-6-11/h7-9,11,16H,2-6,18H2,1H3,(H,20,22). The van der Waals surface area contributed by atoms with Gasteiger partial charge in [0, 0.05) is 22.3 Å². The largest absolute Gasteiger partial charge is 0.321 e. The summed E-state index contributed by atoms with van der Waals surface area (Å²) in [6.07, 6.45) is 10.1. The molecule has 3 N–H and O–H groups in total. The zero-order valence-electron chi connectivity index (χ0n) is 13.2. The minimum absolute atomic E-state index is 0.0429. The molecule has 6 heteroatoms. The van der Waals surface area contributed by atoms with E-state index in [2.05, 4.69) is 21.2 Å². The summed E-state index contributed by atoms with van der Waals surface area (Å²) in [5.74, 6) is 1.31. The summed E-state index contributed by atoms with van der Waals surface area (Å²) in [6, 6.07) is 2.08. The molecular formula is C17H21N5S. The number of nitrogens with zero attached hydrogens (tertiary/aromatic N) is 3. The number of nitrogens with two attached hydrogens (primary N) is 1. The van der Waals surface area contributed by atoms with Crippen LogP contribution in [0.4, 0.5) is 0 Å². The topological polar surface area (TPSA) is 80.5 Å². The SMILES string of the molecule is Cc1[nH]ncc1-c1cc2nc(C(N)C3CCCCC3)ncc2s1. The Morgan fingerprint density at radius 1 is 1.26 bits per heavy atom. The van der Waals surface area contributed by atoms with E-state index in [1.54, 1.807) is 11.3 Å². The highest BCUT2D eigenvalue weighted by Gasteiger charge is 2.24. The van der Waals surface area contributed by atoms with Gasteiger partial charge in [0.15, 0.2) is 0 Å². The van der Waals surface area contributed by atoms with Crippen molar-refractivity contribution in [2.45, 2.75) is 45.1 Å². The molecule has 1 fully saturated rings. The lowest BCUT2D eigenvalue weighted by molar-refractivity contribution is 0.301. The zero-order valence-corrected chi connectivity index (χ0v) is 14.1. The number of hydrogen-bond acceptors (Lipinski definition) is 5. The fraction of sp³-hybridized carbons (Fsp3) is 0.471. The van der Waals surface area contributed by atoms with E-state index >= 15 is 0 Å². The molecule has 3 heterocycles. The number of aromatic amines is 1. The van der Waals surface area contributed by atoms with E-state index in [9.17, 15) is 0 Å². The Morgan fingerprint density at radius 2 is 2.09 bits per heavy atom. The summed E-state index contributed by atoms with van der Waals surface area (Å²) in [5.41, 5.74) is 9.64. The summed E-state index contributed by atoms with van der Waals surface area (Å²) in [4.78, 5) is 10.5. The van der Waals surface area contributed by atoms with Crippen molar-refractivity contribution in [3.63, 3.8) is 0 Å². The third kappa shape index (κ3) is 2.77. The van der Waals surface area contributed by atoms with Crippen LogP contribution < -0.4 is 5.73 Å². The van der Waals surface area contributed by atoms with Crippen LogP contribution in [-0.2, 0) is 0 Å². The number of rotatable bonds is 3. The predicted octanol–water partition coefficient (Wildman–Crippen LogP) is 3.97. The predicted molar refractivity (Wildman–Crippen MR) is 93.2 cm³/mol. The summed E-state index contributed by atoms with van der Waals surface area (Å²) in [6.45, 7) is 2.03. The summed E-state index contributed by atoms with van der Waals surface area (Å²) in [5, 5.41) is 7.09. The second kappa shape index (κ2) is 6.02. The number of aromatic nitrogens is 4. The molecule has 0 aliphatic heterocycles. The van der Waals surface area contributed by atoms with Gasteiger partial charge in [-0.15, -0.1) is 11.3 Å². The fourth-order valence-electron chi connectivity index (χ4n) is 3.45. The molecule has 0 amide bonds. The molecule has 23 heavy (non-hydrogen) atoms. The molecule has 4 rings (SSSR count). The zero-order chi connectivity index (χ0) is 15.8. The number of thiophene rings is 1. The first-order chi connectivity index (χ1) is 11.2. The maximum absolute atomic E-state index is 6.45. The molecule has 1 aliphatic carbocycles. The maximum atomic E-state index is 6.45. The van der Waals surface area contributed by atoms with E-state index in [-0.39, 0.29) is 6.04 Å². The molecule has 0 spiro atoms. The van der Waals surface area contributed by atoms with Gasteiger partial charge in [0.1, 0.15) is 5.82 Å². The smallest absolute Gasteiger partial charge is 0.145 e. The van der Waals surface area contributed by atoms with Crippen LogP contribution in [0.15, 0.2) is 18.5 Å². The molecule has 1 atom stereocenters. The Bertz CT molecular complexity index is 815. The van der Waals surface area contributed by atoms with E-state index in [4.69, 9.17) is 10.7 Å². The molecule has 1 unspecified atom stereocenters. The van der Waals surface area contributed by atoms with Gasteiger partial charge in [0.05, 0.1) is 22.5 Å². The molecule has 1 aliphatic rings. The summed E-state index contributed by atoms with van der Waals surface area (Å²) >= 11 is 1.70. The van der Waals surface area contributed by atoms with E-state index in [0.717, 1.165) is 27.3 Å². The lowest BCUT2D eigenvalue weighted by Gasteiger charge is -2.26. The van der Waals surface area contributed by atoms with Crippen molar-refractivity contribution in [1.29, 1.82) is 0 Å². The Morgan fingerprint density at radius 3 is 2.83 bits per heavy atom. The molecule has 3 aromatic rings. The van der Waals surface area contributed by atoms with Crippen molar-refractivity contribution < 1.29 is 0 Å². The number of H-pyrrole nitrogens is 1. The Hall–Kier alpha value is -1.79. The van der Waals surface area contributed by atoms with Gasteiger partial charge in [-0.1, -0.05) is 19.3 Å². The van der Waals surface area contributed by atoms with Crippen LogP contribution in [-0.4, -0.2) is 20.2 Å². The van der Waals surface area contributed by atoms with Crippen molar-refractivity contribution in [3.8, 4) is 10.4 Å². The minimum Gasteiger partial charge on any atom is -0.321 e. The van der Waals surface area contributed by atoms with Crippen LogP contribution in [0.3, 0.4) is 0 Å². The van der Waals surface area contributed by atoms with Gasteiger partial charge < -0.3 is 5.73 Å². The van der Waals surface area contributed by atoms with E-state index < -0.39 is 0 Å². The molecule has 120 valence electrons. The first kappa shape index (κ1) is 14.8. The third-order valence-corrected chi connectivity index (χ3v) is 5.93. The van der Waals surface area contributed by atoms with Gasteiger partial charge in [-0.05, 0) is 31.7 Å². The summed E-state index contributed by atoms with van der Waals surface area (Å²) < 4.78 is 1.10. The average molecular weight is 327 g/mol. The maximum Gasteiger partial charge on any atom is 0.145 e. The average Bonchev–Trinajstić information content (AvgIpc) is 3.19. The second-order valence-corrected chi connectivity index (χ2v) is 7.50. The van der Waals surface area contributed by atoms with Crippen LogP contribution in [0.1, 0.15) is 49.7 Å². The first-order valence-electron chi connectivity index (χ1n) is 8.25. The van der Waals surface area contributed by atoms with Crippen molar-refractivity contribution in [2.75, 3.05) is 0 Å². The Kier molecular flexibility index (Phi) is 3.87. The summed E-state index contributed by atoms with van der Waals surface area (Å²) in [7, 11) is 0. The molecule has 1 saturated carbocycles. The van der Waals surface area contributed by atoms with Crippen LogP contribution in [0.25, 0.3) is 20.7 Å². The quantitative estimate of drug-likeness (QED) is 0.762. The van der Waals surface area contributed by atoms with Gasteiger partial charge in [-0.3, -0.25) is 5.10 Å². The van der Waals surface area contributed by atoms with Crippen molar-refractivity contribution in [1.82, 2.24) is 20.2 Å². The monoisotopic (exact) mass is 327 g/mol. The lowest BCUT2D eigenvalue weighted by Crippen LogP contribution is -2.25. The van der Waals surface area contributed by atoms with E-state index in [1.807, 2.05) is 19.3 Å². The first-order valence-corrected chi connectivity index (χ1v) is 9.06. The van der Waals surface area contributed by atoms with Crippen LogP contribution in [0, 0.1) is 12.8 Å². The molecule has 0 aromatic carbocycles. The Labute approximate surface area is 139 Å². The van der Waals surface area contributed by atoms with Crippen molar-refractivity contribution in [2.24, 2.45) is 11.7 Å². The second-order valence-electron chi connectivity index (χ2n) is 6.42. The number of fused-ring (bicyclic) bond motifs is 1. The van der Waals surface area contributed by atoms with E-state index in [1.165, 1.54) is 37.0 Å². The van der Waals surface area contributed by atoms with Crippen molar-refractivity contribution >= 4 is 21.6 Å². The molecule has 5 nitrogen and oxygen atoms in total. The fourth-order valence-corrected chi connectivity index (χ4v) is 4.49. The highest BCUT2D eigenvalue weighted by atomic mass is 32.1. The van der Waals surface area contributed by atoms with Crippen molar-refractivity contribution in [3.05, 3.63) is 30.0 Å². The number of nitrogens with one attached hydrogen (secondary N) is 1. The normalized spacial score (nSPS) is 17.7. The van der Waals surface area contributed by atoms with Crippen LogP contribution in [0.2, 0.25) is 0 Å². The van der Waals surface area contributed by atoms with Crippen LogP contribution >= 0.6 is 11.3 Å². The number of hydrogen-bond donors (Lipinski definition) is 2. The van der Waals surface area contributed by atoms with Gasteiger partial charge in [0.25, 0.3) is 0 Å². The molecular weight excluding hydrogens is 306 g/mol. The van der Waals surface area contributed by atoms with E-state index in [0.29, 0.717) is 5.92 Å². The highest BCUT2D eigenvalue weighted by molar-refractivity contribution is 7.22. The molecule has 0 saturated heterocycles. The van der Waals surface area contributed by atoms with Gasteiger partial charge in [0.2, 0.25) is 0 Å².